The third kappa shape index (κ3) is 4.05. The van der Waals surface area contributed by atoms with Crippen LogP contribution in [0.25, 0.3) is 0 Å². The second-order valence-corrected chi connectivity index (χ2v) is 5.97. The van der Waals surface area contributed by atoms with Crippen LogP contribution in [0.2, 0.25) is 0 Å². The number of carbonyl (C=O) groups is 2. The predicted molar refractivity (Wildman–Crippen MR) is 92.9 cm³/mol. The maximum atomic E-state index is 12.9. The van der Waals surface area contributed by atoms with E-state index < -0.39 is 36.6 Å². The van der Waals surface area contributed by atoms with E-state index in [0.717, 1.165) is 28.1 Å². The van der Waals surface area contributed by atoms with Crippen molar-refractivity contribution >= 4 is 23.7 Å². The molecule has 0 aliphatic carbocycles. The summed E-state index contributed by atoms with van der Waals surface area (Å²) in [6.45, 7) is -0.909. The van der Waals surface area contributed by atoms with Crippen LogP contribution >= 0.6 is 0 Å². The van der Waals surface area contributed by atoms with Gasteiger partial charge in [-0.2, -0.15) is 18.3 Å². The smallest absolute Gasteiger partial charge is 0.416 e. The molecule has 3 rings (SSSR count). The van der Waals surface area contributed by atoms with Crippen LogP contribution in [-0.2, 0) is 15.8 Å². The van der Waals surface area contributed by atoms with E-state index >= 15 is 0 Å². The first kappa shape index (κ1) is 19.2. The molecule has 1 aliphatic heterocycles. The zero-order valence-corrected chi connectivity index (χ0v) is 14.2. The minimum Gasteiger partial charge on any atom is -0.504 e. The molecule has 2 aromatic rings. The monoisotopic (exact) mass is 393 g/mol. The molecule has 0 unspecified atom stereocenters. The number of hydrazone groups is 1. The van der Waals surface area contributed by atoms with E-state index in [1.165, 1.54) is 30.5 Å². The van der Waals surface area contributed by atoms with Crippen molar-refractivity contribution in [3.05, 3.63) is 53.6 Å². The lowest BCUT2D eigenvalue weighted by molar-refractivity contribution is -0.138. The number of amides is 2. The van der Waals surface area contributed by atoms with Crippen molar-refractivity contribution in [1.82, 2.24) is 5.01 Å². The molecule has 1 fully saturated rings. The number of hydrogen-bond donors (Lipinski definition) is 2. The minimum atomic E-state index is -4.56. The summed E-state index contributed by atoms with van der Waals surface area (Å²) in [5.41, 5.74) is -0.575. The first-order valence-corrected chi connectivity index (χ1v) is 7.99. The molecule has 0 bridgehead atoms. The number of nitrogens with zero attached hydrogens (tertiary/aromatic N) is 3. The molecule has 0 saturated carbocycles. The Hall–Kier alpha value is -3.56. The van der Waals surface area contributed by atoms with Crippen molar-refractivity contribution in [2.24, 2.45) is 5.10 Å². The lowest BCUT2D eigenvalue weighted by Crippen LogP contribution is -2.52. The molecule has 28 heavy (non-hydrogen) atoms. The molecule has 0 atom stereocenters. The fourth-order valence-corrected chi connectivity index (χ4v) is 2.55. The Morgan fingerprint density at radius 2 is 1.71 bits per heavy atom. The van der Waals surface area contributed by atoms with Crippen LogP contribution < -0.4 is 4.90 Å². The van der Waals surface area contributed by atoms with Gasteiger partial charge in [-0.25, -0.2) is 5.01 Å². The molecular formula is C18H14F3N3O4. The molecule has 7 nitrogen and oxygen atoms in total. The average Bonchev–Trinajstić information content (AvgIpc) is 2.64. The van der Waals surface area contributed by atoms with Gasteiger partial charge in [0.25, 0.3) is 5.91 Å². The van der Waals surface area contributed by atoms with E-state index in [1.807, 2.05) is 0 Å². The second kappa shape index (κ2) is 7.22. The Bertz CT molecular complexity index is 959. The van der Waals surface area contributed by atoms with Crippen LogP contribution in [-0.4, -0.2) is 46.3 Å². The van der Waals surface area contributed by atoms with Crippen molar-refractivity contribution in [3.8, 4) is 11.5 Å². The number of anilines is 1. The van der Waals surface area contributed by atoms with Crippen LogP contribution in [0.1, 0.15) is 11.1 Å². The van der Waals surface area contributed by atoms with Gasteiger partial charge in [-0.15, -0.1) is 0 Å². The first-order valence-electron chi connectivity index (χ1n) is 7.99. The van der Waals surface area contributed by atoms with Gasteiger partial charge in [0.15, 0.2) is 11.5 Å². The number of hydrogen-bond acceptors (Lipinski definition) is 5. The van der Waals surface area contributed by atoms with Crippen molar-refractivity contribution in [3.63, 3.8) is 0 Å². The van der Waals surface area contributed by atoms with Gasteiger partial charge in [-0.3, -0.25) is 9.59 Å². The maximum Gasteiger partial charge on any atom is 0.416 e. The van der Waals surface area contributed by atoms with E-state index in [4.69, 9.17) is 0 Å². The Labute approximate surface area is 156 Å². The fraction of sp³-hybridized carbons (Fsp3) is 0.167. The predicted octanol–water partition coefficient (Wildman–Crippen LogP) is 2.33. The number of benzene rings is 2. The van der Waals surface area contributed by atoms with Gasteiger partial charge in [0, 0.05) is 5.69 Å². The lowest BCUT2D eigenvalue weighted by atomic mass is 10.1. The summed E-state index contributed by atoms with van der Waals surface area (Å²) in [7, 11) is 0. The van der Waals surface area contributed by atoms with Gasteiger partial charge < -0.3 is 15.1 Å². The topological polar surface area (TPSA) is 93.4 Å². The normalized spacial score (nSPS) is 15.5. The highest BCUT2D eigenvalue weighted by Gasteiger charge is 2.34. The summed E-state index contributed by atoms with van der Waals surface area (Å²) in [6.07, 6.45) is -3.35. The molecule has 146 valence electrons. The van der Waals surface area contributed by atoms with Crippen LogP contribution in [0.5, 0.6) is 11.5 Å². The number of piperazine rings is 1. The number of alkyl halides is 3. The zero-order chi connectivity index (χ0) is 20.5. The Morgan fingerprint density at radius 1 is 0.964 bits per heavy atom. The van der Waals surface area contributed by atoms with Gasteiger partial charge in [-0.1, -0.05) is 6.07 Å². The molecule has 0 spiro atoms. The standard InChI is InChI=1S/C18H14F3N3O4/c19-18(20,21)12-2-1-3-13(7-12)23-9-17(28)24(10-16(23)27)22-8-11-4-5-14(25)15(26)6-11/h1-8,25-26H,9-10H2. The Kier molecular flexibility index (Phi) is 4.95. The molecule has 0 aromatic heterocycles. The number of phenols is 2. The van der Waals surface area contributed by atoms with Gasteiger partial charge in [0.2, 0.25) is 5.91 Å². The summed E-state index contributed by atoms with van der Waals surface area (Å²) < 4.78 is 38.6. The van der Waals surface area contributed by atoms with Gasteiger partial charge in [-0.05, 0) is 42.0 Å². The third-order valence-corrected chi connectivity index (χ3v) is 4.00. The zero-order valence-electron chi connectivity index (χ0n) is 14.2. The number of rotatable bonds is 3. The number of phenolic OH excluding ortho intramolecular Hbond substituents is 2. The maximum absolute atomic E-state index is 12.9. The Morgan fingerprint density at radius 3 is 2.39 bits per heavy atom. The van der Waals surface area contributed by atoms with Crippen molar-refractivity contribution in [1.29, 1.82) is 0 Å². The van der Waals surface area contributed by atoms with E-state index in [0.29, 0.717) is 5.56 Å². The van der Waals surface area contributed by atoms with Crippen molar-refractivity contribution < 1.29 is 33.0 Å². The third-order valence-electron chi connectivity index (χ3n) is 4.00. The largest absolute Gasteiger partial charge is 0.504 e. The molecule has 2 amide bonds. The van der Waals surface area contributed by atoms with E-state index in [2.05, 4.69) is 5.10 Å². The van der Waals surface area contributed by atoms with Crippen molar-refractivity contribution in [2.75, 3.05) is 18.0 Å². The number of aromatic hydroxyl groups is 2. The minimum absolute atomic E-state index is 0.0275. The fourth-order valence-electron chi connectivity index (χ4n) is 2.55. The molecule has 10 heteroatoms. The highest BCUT2D eigenvalue weighted by Crippen LogP contribution is 2.32. The lowest BCUT2D eigenvalue weighted by Gasteiger charge is -2.31. The Balaban J connectivity index is 1.75. The summed E-state index contributed by atoms with van der Waals surface area (Å²) in [6, 6.07) is 8.05. The molecule has 2 N–H and O–H groups in total. The number of carbonyl (C=O) groups excluding carboxylic acids is 2. The van der Waals surface area contributed by atoms with Gasteiger partial charge >= 0.3 is 6.18 Å². The molecule has 1 heterocycles. The molecule has 0 radical (unpaired) electrons. The molecule has 2 aromatic carbocycles. The summed E-state index contributed by atoms with van der Waals surface area (Å²) in [5.74, 6) is -1.88. The SMILES string of the molecule is O=C1CN(c2cccc(C(F)(F)F)c2)C(=O)CN1N=Cc1ccc(O)c(O)c1. The number of halogens is 3. The van der Waals surface area contributed by atoms with Gasteiger partial charge in [0.1, 0.15) is 13.1 Å². The first-order chi connectivity index (χ1) is 13.1. The average molecular weight is 393 g/mol. The second-order valence-electron chi connectivity index (χ2n) is 5.97. The summed E-state index contributed by atoms with van der Waals surface area (Å²) in [5, 5.41) is 23.5. The van der Waals surface area contributed by atoms with Crippen LogP contribution in [0.3, 0.4) is 0 Å². The van der Waals surface area contributed by atoms with Gasteiger partial charge in [0.05, 0.1) is 11.8 Å². The highest BCUT2D eigenvalue weighted by molar-refractivity contribution is 6.04. The van der Waals surface area contributed by atoms with Crippen LogP contribution in [0, 0.1) is 0 Å². The van der Waals surface area contributed by atoms with Crippen LogP contribution in [0.4, 0.5) is 18.9 Å². The summed E-state index contributed by atoms with van der Waals surface area (Å²) in [4.78, 5) is 25.5. The highest BCUT2D eigenvalue weighted by atomic mass is 19.4. The molecule has 1 aliphatic rings. The molecular weight excluding hydrogens is 379 g/mol. The molecule has 1 saturated heterocycles. The van der Waals surface area contributed by atoms with E-state index in [9.17, 15) is 33.0 Å². The van der Waals surface area contributed by atoms with Crippen LogP contribution in [0.15, 0.2) is 47.6 Å². The van der Waals surface area contributed by atoms with E-state index in [-0.39, 0.29) is 17.2 Å². The summed E-state index contributed by atoms with van der Waals surface area (Å²) >= 11 is 0. The van der Waals surface area contributed by atoms with E-state index in [1.54, 1.807) is 0 Å². The quantitative estimate of drug-likeness (QED) is 0.618. The van der Waals surface area contributed by atoms with Crippen molar-refractivity contribution in [2.45, 2.75) is 6.18 Å².